The smallest absolute Gasteiger partial charge is 0.307 e. The Morgan fingerprint density at radius 3 is 2.61 bits per heavy atom. The van der Waals surface area contributed by atoms with Crippen molar-refractivity contribution in [3.05, 3.63) is 35.4 Å². The van der Waals surface area contributed by atoms with Crippen LogP contribution in [-0.4, -0.2) is 39.8 Å². The lowest BCUT2D eigenvalue weighted by atomic mass is 9.69. The lowest BCUT2D eigenvalue weighted by Gasteiger charge is -2.40. The Balaban J connectivity index is 1.62. The van der Waals surface area contributed by atoms with Crippen molar-refractivity contribution in [1.82, 2.24) is 4.90 Å². The molecule has 1 aromatic carbocycles. The van der Waals surface area contributed by atoms with E-state index in [9.17, 15) is 9.90 Å². The third kappa shape index (κ3) is 3.59. The Hall–Kier alpha value is -1.39. The average Bonchev–Trinajstić information content (AvgIpc) is 2.93. The molecule has 4 nitrogen and oxygen atoms in total. The fraction of sp³-hybridized carbons (Fsp3) is 0.632. The van der Waals surface area contributed by atoms with Crippen LogP contribution in [0.25, 0.3) is 0 Å². The number of carbonyl (C=O) groups is 1. The number of likely N-dealkylation sites (tertiary alicyclic amines) is 1. The summed E-state index contributed by atoms with van der Waals surface area (Å²) in [4.78, 5) is 13.2. The average molecular weight is 317 g/mol. The quantitative estimate of drug-likeness (QED) is 0.876. The summed E-state index contributed by atoms with van der Waals surface area (Å²) in [6, 6.07) is 7.89. The van der Waals surface area contributed by atoms with Gasteiger partial charge in [0.05, 0.1) is 12.0 Å². The van der Waals surface area contributed by atoms with E-state index in [0.717, 1.165) is 44.5 Å². The topological polar surface area (TPSA) is 60.8 Å². The van der Waals surface area contributed by atoms with Gasteiger partial charge in [-0.25, -0.2) is 0 Å². The summed E-state index contributed by atoms with van der Waals surface area (Å²) in [6.45, 7) is 5.04. The number of nitrogens with zero attached hydrogens (tertiary/aromatic N) is 1. The molecule has 3 atom stereocenters. The fourth-order valence-corrected chi connectivity index (χ4v) is 4.48. The van der Waals surface area contributed by atoms with Gasteiger partial charge in [-0.05, 0) is 36.3 Å². The molecule has 0 spiro atoms. The highest BCUT2D eigenvalue weighted by Gasteiger charge is 2.47. The molecule has 1 saturated carbocycles. The Morgan fingerprint density at radius 2 is 1.96 bits per heavy atom. The van der Waals surface area contributed by atoms with Crippen LogP contribution in [0.2, 0.25) is 0 Å². The number of hydrogen-bond donors (Lipinski definition) is 2. The van der Waals surface area contributed by atoms with Crippen molar-refractivity contribution < 1.29 is 15.0 Å². The predicted molar refractivity (Wildman–Crippen MR) is 89.1 cm³/mol. The summed E-state index contributed by atoms with van der Waals surface area (Å²) in [6.07, 6.45) is 4.26. The molecule has 1 aliphatic heterocycles. The first-order valence-electron chi connectivity index (χ1n) is 8.74. The molecular formula is C19H27NO3. The van der Waals surface area contributed by atoms with Gasteiger partial charge in [-0.2, -0.15) is 0 Å². The zero-order valence-corrected chi connectivity index (χ0v) is 13.9. The fourth-order valence-electron chi connectivity index (χ4n) is 4.48. The van der Waals surface area contributed by atoms with E-state index >= 15 is 0 Å². The molecule has 1 aliphatic carbocycles. The van der Waals surface area contributed by atoms with Gasteiger partial charge in [-0.1, -0.05) is 37.6 Å². The summed E-state index contributed by atoms with van der Waals surface area (Å²) < 4.78 is 0. The van der Waals surface area contributed by atoms with Crippen LogP contribution in [0, 0.1) is 11.8 Å². The van der Waals surface area contributed by atoms with Gasteiger partial charge in [0.25, 0.3) is 0 Å². The minimum absolute atomic E-state index is 0.0810. The standard InChI is InChI=1S/C19H27NO3/c1-2-19(23)9-3-4-16-12-20(13-17(16)19)11-15-7-5-14(6-8-15)10-18(21)22/h5-8,16-17,23H,2-4,9-13H2,1H3,(H,21,22)/t16-,17+,19-/m0/s1. The van der Waals surface area contributed by atoms with Gasteiger partial charge in [-0.3, -0.25) is 9.69 Å². The summed E-state index contributed by atoms with van der Waals surface area (Å²) in [5, 5.41) is 19.7. The highest BCUT2D eigenvalue weighted by atomic mass is 16.4. The number of fused-ring (bicyclic) bond motifs is 1. The van der Waals surface area contributed by atoms with Crippen molar-refractivity contribution in [1.29, 1.82) is 0 Å². The first-order valence-corrected chi connectivity index (χ1v) is 8.74. The van der Waals surface area contributed by atoms with Gasteiger partial charge in [0.1, 0.15) is 0 Å². The number of hydrogen-bond acceptors (Lipinski definition) is 3. The zero-order chi connectivity index (χ0) is 16.4. The lowest BCUT2D eigenvalue weighted by Crippen LogP contribution is -2.44. The summed E-state index contributed by atoms with van der Waals surface area (Å²) in [7, 11) is 0. The molecule has 3 rings (SSSR count). The SMILES string of the molecule is CC[C@]1(O)CCC[C@H]2CN(Cc3ccc(CC(=O)O)cc3)C[C@H]21. The molecule has 126 valence electrons. The van der Waals surface area contributed by atoms with E-state index < -0.39 is 11.6 Å². The molecule has 0 radical (unpaired) electrons. The minimum Gasteiger partial charge on any atom is -0.481 e. The Labute approximate surface area is 138 Å². The molecule has 2 aliphatic rings. The van der Waals surface area contributed by atoms with Crippen LogP contribution in [0.1, 0.15) is 43.7 Å². The van der Waals surface area contributed by atoms with Gasteiger partial charge in [0.2, 0.25) is 0 Å². The molecule has 2 N–H and O–H groups in total. The maximum absolute atomic E-state index is 10.9. The molecule has 2 fully saturated rings. The number of aliphatic carboxylic acids is 1. The van der Waals surface area contributed by atoms with Crippen molar-refractivity contribution in [2.45, 2.75) is 51.2 Å². The third-order valence-corrected chi connectivity index (χ3v) is 5.79. The largest absolute Gasteiger partial charge is 0.481 e. The second-order valence-electron chi connectivity index (χ2n) is 7.30. The first-order chi connectivity index (χ1) is 11.0. The molecule has 4 heteroatoms. The van der Waals surface area contributed by atoms with Gasteiger partial charge in [0, 0.05) is 25.6 Å². The second kappa shape index (κ2) is 6.62. The third-order valence-electron chi connectivity index (χ3n) is 5.79. The second-order valence-corrected chi connectivity index (χ2v) is 7.30. The van der Waals surface area contributed by atoms with E-state index in [1.807, 2.05) is 24.3 Å². The van der Waals surface area contributed by atoms with E-state index in [1.165, 1.54) is 12.0 Å². The van der Waals surface area contributed by atoms with Crippen LogP contribution in [0.3, 0.4) is 0 Å². The molecule has 23 heavy (non-hydrogen) atoms. The van der Waals surface area contributed by atoms with Crippen LogP contribution in [0.4, 0.5) is 0 Å². The van der Waals surface area contributed by atoms with Crippen LogP contribution < -0.4 is 0 Å². The highest BCUT2D eigenvalue weighted by molar-refractivity contribution is 5.70. The van der Waals surface area contributed by atoms with E-state index in [0.29, 0.717) is 11.8 Å². The zero-order valence-electron chi connectivity index (χ0n) is 13.9. The first kappa shape index (κ1) is 16.5. The molecule has 1 heterocycles. The van der Waals surface area contributed by atoms with E-state index in [-0.39, 0.29) is 6.42 Å². The summed E-state index contributed by atoms with van der Waals surface area (Å²) >= 11 is 0. The van der Waals surface area contributed by atoms with Crippen molar-refractivity contribution in [3.63, 3.8) is 0 Å². The number of aliphatic hydroxyl groups is 1. The van der Waals surface area contributed by atoms with Crippen LogP contribution in [0.15, 0.2) is 24.3 Å². The molecule has 0 bridgehead atoms. The van der Waals surface area contributed by atoms with Gasteiger partial charge >= 0.3 is 5.97 Å². The maximum atomic E-state index is 10.9. The highest BCUT2D eigenvalue weighted by Crippen LogP contribution is 2.44. The van der Waals surface area contributed by atoms with Crippen molar-refractivity contribution >= 4 is 5.97 Å². The molecule has 1 aromatic rings. The summed E-state index contributed by atoms with van der Waals surface area (Å²) in [5.41, 5.74) is 1.60. The van der Waals surface area contributed by atoms with Gasteiger partial charge in [0.15, 0.2) is 0 Å². The molecular weight excluding hydrogens is 290 g/mol. The predicted octanol–water partition coefficient (Wildman–Crippen LogP) is 2.69. The van der Waals surface area contributed by atoms with E-state index in [2.05, 4.69) is 11.8 Å². The normalized spacial score (nSPS) is 31.0. The summed E-state index contributed by atoms with van der Waals surface area (Å²) in [5.74, 6) is 0.243. The van der Waals surface area contributed by atoms with Crippen molar-refractivity contribution in [2.24, 2.45) is 11.8 Å². The number of rotatable bonds is 5. The van der Waals surface area contributed by atoms with Crippen molar-refractivity contribution in [3.8, 4) is 0 Å². The lowest BCUT2D eigenvalue weighted by molar-refractivity contribution is -0.136. The maximum Gasteiger partial charge on any atom is 0.307 e. The Kier molecular flexibility index (Phi) is 4.74. The molecule has 0 amide bonds. The van der Waals surface area contributed by atoms with Crippen LogP contribution in [-0.2, 0) is 17.8 Å². The number of benzene rings is 1. The van der Waals surface area contributed by atoms with Gasteiger partial charge < -0.3 is 10.2 Å². The Morgan fingerprint density at radius 1 is 1.26 bits per heavy atom. The van der Waals surface area contributed by atoms with Crippen molar-refractivity contribution in [2.75, 3.05) is 13.1 Å². The van der Waals surface area contributed by atoms with Crippen LogP contribution >= 0.6 is 0 Å². The molecule has 1 saturated heterocycles. The minimum atomic E-state index is -0.791. The van der Waals surface area contributed by atoms with Crippen LogP contribution in [0.5, 0.6) is 0 Å². The number of carboxylic acids is 1. The van der Waals surface area contributed by atoms with Gasteiger partial charge in [-0.15, -0.1) is 0 Å². The van der Waals surface area contributed by atoms with E-state index in [1.54, 1.807) is 0 Å². The molecule has 0 unspecified atom stereocenters. The monoisotopic (exact) mass is 317 g/mol. The molecule has 0 aromatic heterocycles. The van der Waals surface area contributed by atoms with E-state index in [4.69, 9.17) is 5.11 Å². The Bertz CT molecular complexity index is 556. The number of carboxylic acid groups (broad SMARTS) is 1.